The average Bonchev–Trinajstić information content (AvgIpc) is 2.66. The van der Waals surface area contributed by atoms with E-state index >= 15 is 0 Å². The number of methoxy groups -OCH3 is 2. The first-order valence-electron chi connectivity index (χ1n) is 7.84. The molecule has 1 amide bonds. The molecule has 0 aliphatic carbocycles. The van der Waals surface area contributed by atoms with Crippen LogP contribution in [-0.4, -0.2) is 31.6 Å². The van der Waals surface area contributed by atoms with Crippen LogP contribution in [0.1, 0.15) is 18.1 Å². The van der Waals surface area contributed by atoms with Gasteiger partial charge in [0.15, 0.2) is 0 Å². The van der Waals surface area contributed by atoms with E-state index in [2.05, 4.69) is 10.5 Å². The van der Waals surface area contributed by atoms with Crippen LogP contribution in [0, 0.1) is 0 Å². The van der Waals surface area contributed by atoms with Crippen LogP contribution >= 0.6 is 11.8 Å². The zero-order chi connectivity index (χ0) is 18.1. The van der Waals surface area contributed by atoms with Gasteiger partial charge in [0.2, 0.25) is 0 Å². The van der Waals surface area contributed by atoms with Crippen LogP contribution in [0.5, 0.6) is 11.5 Å². The number of hydrogen-bond acceptors (Lipinski definition) is 5. The minimum atomic E-state index is -0.199. The van der Waals surface area contributed by atoms with Crippen molar-refractivity contribution < 1.29 is 14.3 Å². The number of benzene rings is 2. The maximum absolute atomic E-state index is 12.1. The monoisotopic (exact) mass is 358 g/mol. The topological polar surface area (TPSA) is 59.9 Å². The molecule has 132 valence electrons. The van der Waals surface area contributed by atoms with E-state index in [0.29, 0.717) is 11.5 Å². The third-order valence-corrected chi connectivity index (χ3v) is 4.75. The lowest BCUT2D eigenvalue weighted by atomic mass is 10.2. The van der Waals surface area contributed by atoms with Gasteiger partial charge in [-0.3, -0.25) is 4.79 Å². The maximum atomic E-state index is 12.1. The van der Waals surface area contributed by atoms with Crippen LogP contribution in [0.3, 0.4) is 0 Å². The third kappa shape index (κ3) is 5.83. The molecule has 2 rings (SSSR count). The highest BCUT2D eigenvalue weighted by Gasteiger charge is 2.12. The fourth-order valence-electron chi connectivity index (χ4n) is 2.05. The molecule has 0 aliphatic heterocycles. The number of rotatable bonds is 8. The zero-order valence-electron chi connectivity index (χ0n) is 14.6. The van der Waals surface area contributed by atoms with E-state index in [1.165, 1.54) is 5.56 Å². The lowest BCUT2D eigenvalue weighted by Gasteiger charge is -2.10. The molecular formula is C19H22N2O3S. The summed E-state index contributed by atoms with van der Waals surface area (Å²) in [5, 5.41) is 3.82. The second-order valence-electron chi connectivity index (χ2n) is 5.28. The second-order valence-corrected chi connectivity index (χ2v) is 6.61. The van der Waals surface area contributed by atoms with Gasteiger partial charge in [-0.05, 0) is 24.6 Å². The number of carbonyl (C=O) groups is 1. The third-order valence-electron chi connectivity index (χ3n) is 3.53. The van der Waals surface area contributed by atoms with E-state index in [0.717, 1.165) is 11.3 Å². The number of thioether (sulfide) groups is 1. The van der Waals surface area contributed by atoms with Crippen molar-refractivity contribution in [1.29, 1.82) is 0 Å². The second kappa shape index (κ2) is 9.74. The summed E-state index contributed by atoms with van der Waals surface area (Å²) in [6.45, 7) is 1.87. The molecule has 0 radical (unpaired) electrons. The van der Waals surface area contributed by atoms with Crippen LogP contribution in [0.4, 0.5) is 0 Å². The SMILES string of the molecule is COc1ccc(/C=N/NC(=O)C(C)SCc2ccccc2)c(OC)c1. The molecule has 0 aromatic heterocycles. The van der Waals surface area contributed by atoms with Gasteiger partial charge in [-0.25, -0.2) is 5.43 Å². The van der Waals surface area contributed by atoms with Crippen molar-refractivity contribution in [3.05, 3.63) is 59.7 Å². The maximum Gasteiger partial charge on any atom is 0.252 e. The van der Waals surface area contributed by atoms with Crippen LogP contribution in [0.25, 0.3) is 0 Å². The molecule has 1 unspecified atom stereocenters. The van der Waals surface area contributed by atoms with Gasteiger partial charge in [-0.15, -0.1) is 11.8 Å². The van der Waals surface area contributed by atoms with Gasteiger partial charge in [0.25, 0.3) is 5.91 Å². The van der Waals surface area contributed by atoms with E-state index in [1.807, 2.05) is 49.4 Å². The Hall–Kier alpha value is -2.47. The van der Waals surface area contributed by atoms with E-state index in [1.54, 1.807) is 38.3 Å². The van der Waals surface area contributed by atoms with E-state index in [9.17, 15) is 4.79 Å². The van der Waals surface area contributed by atoms with Gasteiger partial charge in [-0.1, -0.05) is 30.3 Å². The normalized spacial score (nSPS) is 12.0. The van der Waals surface area contributed by atoms with E-state index in [4.69, 9.17) is 9.47 Å². The number of nitrogens with one attached hydrogen (secondary N) is 1. The van der Waals surface area contributed by atoms with Crippen LogP contribution < -0.4 is 14.9 Å². The Morgan fingerprint density at radius 3 is 2.64 bits per heavy atom. The molecule has 25 heavy (non-hydrogen) atoms. The summed E-state index contributed by atoms with van der Waals surface area (Å²) in [6.07, 6.45) is 1.56. The lowest BCUT2D eigenvalue weighted by molar-refractivity contribution is -0.120. The zero-order valence-corrected chi connectivity index (χ0v) is 15.4. The van der Waals surface area contributed by atoms with Gasteiger partial charge in [0.05, 0.1) is 25.7 Å². The van der Waals surface area contributed by atoms with Crippen molar-refractivity contribution in [3.63, 3.8) is 0 Å². The quantitative estimate of drug-likeness (QED) is 0.580. The highest BCUT2D eigenvalue weighted by Crippen LogP contribution is 2.23. The summed E-state index contributed by atoms with van der Waals surface area (Å²) in [4.78, 5) is 12.1. The molecule has 1 N–H and O–H groups in total. The van der Waals surface area contributed by atoms with E-state index < -0.39 is 0 Å². The first kappa shape index (κ1) is 18.9. The summed E-state index contributed by atoms with van der Waals surface area (Å²) in [5.41, 5.74) is 4.52. The van der Waals surface area contributed by atoms with Crippen molar-refractivity contribution in [1.82, 2.24) is 5.43 Å². The number of amides is 1. The van der Waals surface area contributed by atoms with Crippen molar-refractivity contribution in [2.75, 3.05) is 14.2 Å². The first-order chi connectivity index (χ1) is 12.1. The molecule has 1 atom stereocenters. The Balaban J connectivity index is 1.87. The Labute approximate surface area is 152 Å². The van der Waals surface area contributed by atoms with Crippen LogP contribution in [0.15, 0.2) is 53.6 Å². The summed E-state index contributed by atoms with van der Waals surface area (Å²) in [5.74, 6) is 1.98. The predicted octanol–water partition coefficient (Wildman–Crippen LogP) is 3.48. The van der Waals surface area contributed by atoms with Gasteiger partial charge in [0.1, 0.15) is 11.5 Å². The molecule has 0 aliphatic rings. The molecular weight excluding hydrogens is 336 g/mol. The van der Waals surface area contributed by atoms with Crippen LogP contribution in [-0.2, 0) is 10.5 Å². The molecule has 0 saturated carbocycles. The van der Waals surface area contributed by atoms with Crippen molar-refractivity contribution in [3.8, 4) is 11.5 Å². The first-order valence-corrected chi connectivity index (χ1v) is 8.89. The molecule has 2 aromatic rings. The fraction of sp³-hybridized carbons (Fsp3) is 0.263. The minimum absolute atomic E-state index is 0.135. The van der Waals surface area contributed by atoms with Crippen molar-refractivity contribution >= 4 is 23.9 Å². The molecule has 5 nitrogen and oxygen atoms in total. The number of nitrogens with zero attached hydrogens (tertiary/aromatic N) is 1. The molecule has 0 saturated heterocycles. The lowest BCUT2D eigenvalue weighted by Crippen LogP contribution is -2.27. The predicted molar refractivity (Wildman–Crippen MR) is 102 cm³/mol. The number of carbonyl (C=O) groups excluding carboxylic acids is 1. The summed E-state index contributed by atoms with van der Waals surface area (Å²) >= 11 is 1.57. The van der Waals surface area contributed by atoms with Crippen LogP contribution in [0.2, 0.25) is 0 Å². The Morgan fingerprint density at radius 2 is 1.96 bits per heavy atom. The van der Waals surface area contributed by atoms with E-state index in [-0.39, 0.29) is 11.2 Å². The average molecular weight is 358 g/mol. The fourth-order valence-corrected chi connectivity index (χ4v) is 2.89. The Bertz CT molecular complexity index is 720. The number of hydrazone groups is 1. The molecule has 0 spiro atoms. The largest absolute Gasteiger partial charge is 0.497 e. The highest BCUT2D eigenvalue weighted by atomic mass is 32.2. The molecule has 0 bridgehead atoms. The minimum Gasteiger partial charge on any atom is -0.497 e. The smallest absolute Gasteiger partial charge is 0.252 e. The molecule has 2 aromatic carbocycles. The van der Waals surface area contributed by atoms with Crippen molar-refractivity contribution in [2.45, 2.75) is 17.9 Å². The highest BCUT2D eigenvalue weighted by molar-refractivity contribution is 7.99. The summed E-state index contributed by atoms with van der Waals surface area (Å²) < 4.78 is 10.4. The number of hydrogen-bond donors (Lipinski definition) is 1. The van der Waals surface area contributed by atoms with Crippen molar-refractivity contribution in [2.24, 2.45) is 5.10 Å². The molecule has 0 fully saturated rings. The Kier molecular flexibility index (Phi) is 7.35. The standard InChI is InChI=1S/C19H22N2O3S/c1-14(25-13-15-7-5-4-6-8-15)19(22)21-20-12-16-9-10-17(23-2)11-18(16)24-3/h4-12,14H,13H2,1-3H3,(H,21,22)/b20-12+. The van der Waals surface area contributed by atoms with Gasteiger partial charge in [-0.2, -0.15) is 5.10 Å². The molecule has 6 heteroatoms. The van der Waals surface area contributed by atoms with Gasteiger partial charge in [0, 0.05) is 17.4 Å². The number of ether oxygens (including phenoxy) is 2. The van der Waals surface area contributed by atoms with Gasteiger partial charge < -0.3 is 9.47 Å². The molecule has 0 heterocycles. The van der Waals surface area contributed by atoms with Gasteiger partial charge >= 0.3 is 0 Å². The summed E-state index contributed by atoms with van der Waals surface area (Å²) in [6, 6.07) is 15.5. The summed E-state index contributed by atoms with van der Waals surface area (Å²) in [7, 11) is 3.17. The Morgan fingerprint density at radius 1 is 1.20 bits per heavy atom.